The van der Waals surface area contributed by atoms with Crippen LogP contribution in [0.5, 0.6) is 17.2 Å². The van der Waals surface area contributed by atoms with Crippen molar-refractivity contribution in [1.82, 2.24) is 44.8 Å². The van der Waals surface area contributed by atoms with Crippen LogP contribution in [0.4, 0.5) is 27.0 Å². The fraction of sp³-hybridized carbons (Fsp3) is 0.398. The lowest BCUT2D eigenvalue weighted by atomic mass is 9.99. The minimum absolute atomic E-state index is 0. The third-order valence-electron chi connectivity index (χ3n) is 20.3. The van der Waals surface area contributed by atoms with Crippen molar-refractivity contribution in [1.29, 1.82) is 0 Å². The highest BCUT2D eigenvalue weighted by molar-refractivity contribution is 9.09. The molecule has 6 heterocycles. The lowest BCUT2D eigenvalue weighted by Crippen LogP contribution is -2.60. The quantitative estimate of drug-likeness (QED) is 0.0670. The number of aromatic hydroxyl groups is 1. The van der Waals surface area contributed by atoms with Gasteiger partial charge in [-0.25, -0.2) is 24.5 Å². The minimum Gasteiger partial charge on any atom is -0.504 e. The number of amides is 5. The molecule has 3 aliphatic rings. The fourth-order valence-electron chi connectivity index (χ4n) is 14.7. The van der Waals surface area contributed by atoms with Crippen molar-refractivity contribution in [2.75, 3.05) is 56.5 Å². The first-order valence-electron chi connectivity index (χ1n) is 39.3. The molecule has 5 amide bonds. The molecule has 6 aromatic carbocycles. The SMILES string of the molecule is C.C[C@@H]1CN(C(=O)c2ccc(-c3cnc(N)c(O)c3)cc2)C[C@H](C)N1C(=O)OC(C)(C)C.Cc1cc(-c2cnc(N)c(OC(C)c3ccccc3C)c2)ccc1C(=O)N1C[C@@H](C)N(C(=O)OC(C)(C)C)[C@@H](C)C1.Cc1ccccc1C(C)Br.Cc1ccccc1C(C)Oc1cc(-c2ccc(C(=O)N3C[C@@H](C)N[C@@H](C)C3)cc2)cnc1N. The minimum atomic E-state index is -0.575. The number of alkyl halides is 1. The van der Waals surface area contributed by atoms with Gasteiger partial charge in [-0.1, -0.05) is 133 Å². The number of hydrogen-bond donors (Lipinski definition) is 5. The van der Waals surface area contributed by atoms with Crippen LogP contribution < -0.4 is 32.0 Å². The zero-order chi connectivity index (χ0) is 84.1. The largest absolute Gasteiger partial charge is 0.504 e. The van der Waals surface area contributed by atoms with Crippen LogP contribution in [-0.2, 0) is 9.47 Å². The van der Waals surface area contributed by atoms with Crippen LogP contribution in [0.3, 0.4) is 0 Å². The van der Waals surface area contributed by atoms with Crippen molar-refractivity contribution < 1.29 is 48.0 Å². The highest BCUT2D eigenvalue weighted by atomic mass is 79.9. The Morgan fingerprint density at radius 2 is 0.776 bits per heavy atom. The van der Waals surface area contributed by atoms with Crippen LogP contribution in [0.15, 0.2) is 176 Å². The topological polar surface area (TPSA) is 287 Å². The summed E-state index contributed by atoms with van der Waals surface area (Å²) in [5.41, 5.74) is 31.8. The van der Waals surface area contributed by atoms with Gasteiger partial charge in [-0.05, 0) is 236 Å². The summed E-state index contributed by atoms with van der Waals surface area (Å²) in [5, 5.41) is 13.2. The van der Waals surface area contributed by atoms with Gasteiger partial charge in [0, 0.05) is 108 Å². The summed E-state index contributed by atoms with van der Waals surface area (Å²) in [6.45, 7) is 40.5. The van der Waals surface area contributed by atoms with E-state index in [1.807, 2.05) is 197 Å². The van der Waals surface area contributed by atoms with Crippen molar-refractivity contribution in [2.24, 2.45) is 0 Å². The Morgan fingerprint density at radius 3 is 1.13 bits per heavy atom. The summed E-state index contributed by atoms with van der Waals surface area (Å²) in [6.07, 6.45) is 3.97. The molecule has 116 heavy (non-hydrogen) atoms. The van der Waals surface area contributed by atoms with Crippen molar-refractivity contribution in [3.8, 4) is 50.6 Å². The molecule has 12 rings (SSSR count). The molecular weight excluding hydrogens is 1530 g/mol. The Labute approximate surface area is 694 Å². The van der Waals surface area contributed by atoms with E-state index >= 15 is 0 Å². The second-order valence-electron chi connectivity index (χ2n) is 32.5. The van der Waals surface area contributed by atoms with Gasteiger partial charge in [-0.3, -0.25) is 24.2 Å². The summed E-state index contributed by atoms with van der Waals surface area (Å²) in [5.74, 6) is 1.66. The first-order valence-corrected chi connectivity index (χ1v) is 40.2. The molecule has 3 aliphatic heterocycles. The number of piperazine rings is 3. The van der Waals surface area contributed by atoms with Crippen LogP contribution in [0.1, 0.15) is 198 Å². The molecule has 9 aromatic rings. The van der Waals surface area contributed by atoms with Gasteiger partial charge in [0.15, 0.2) is 34.7 Å². The van der Waals surface area contributed by atoms with Crippen molar-refractivity contribution in [2.45, 2.75) is 203 Å². The molecule has 23 heteroatoms. The van der Waals surface area contributed by atoms with Gasteiger partial charge in [0.05, 0.1) is 24.2 Å². The van der Waals surface area contributed by atoms with E-state index < -0.39 is 11.2 Å². The number of pyridine rings is 3. The van der Waals surface area contributed by atoms with Gasteiger partial charge in [0.1, 0.15) is 23.4 Å². The smallest absolute Gasteiger partial charge is 0.410 e. The van der Waals surface area contributed by atoms with Gasteiger partial charge in [-0.15, -0.1) is 0 Å². The standard InChI is InChI=1S/C33H42N4O4.C27H32N4O2.C23H30N4O4.C9H11Br.CH4/c1-20-11-9-10-12-27(20)24(5)40-29-16-26(17-35-30(29)34)25-13-14-28(21(2)15-25)31(38)36-18-22(3)37(23(4)19-36)32(39)41-33(6,7)8;1-17-7-5-6-8-24(17)20(4)33-25-13-23(14-29-26(25)28)21-9-11-22(12-10-21)27(32)31-15-18(2)30-19(3)16-31;1-14-12-26(13-15(2)27(14)22(30)31-23(3,4)5)21(29)17-8-6-16(7-9-17)18-10-19(28)20(24)25-11-18;1-7-5-3-4-6-9(7)8(2)10;/h9-17,22-24H,18-19H2,1-8H3,(H2,34,35);5-14,18-20,30H,15-16H2,1-4H3,(H2,28,29);6-11,14-15,28H,12-13H2,1-5H3,(H2,24,25);3-6,8H,1-2H3;1H4/t22-,23+,24?;18-,19+,20?;14-,15+;;. The molecule has 0 saturated carbocycles. The van der Waals surface area contributed by atoms with Crippen molar-refractivity contribution in [3.63, 3.8) is 0 Å². The van der Waals surface area contributed by atoms with Gasteiger partial charge < -0.3 is 61.3 Å². The molecule has 618 valence electrons. The number of aromatic nitrogens is 3. The van der Waals surface area contributed by atoms with E-state index in [0.29, 0.717) is 102 Å². The van der Waals surface area contributed by atoms with E-state index in [2.05, 4.69) is 120 Å². The molecular formula is C93H119BrN12O10. The zero-order valence-electron chi connectivity index (χ0n) is 70.0. The Morgan fingerprint density at radius 1 is 0.440 bits per heavy atom. The second-order valence-corrected chi connectivity index (χ2v) is 33.9. The highest BCUT2D eigenvalue weighted by Crippen LogP contribution is 2.36. The highest BCUT2D eigenvalue weighted by Gasteiger charge is 2.40. The number of carbonyl (C=O) groups excluding carboxylic acids is 5. The third-order valence-corrected chi connectivity index (χ3v) is 20.8. The summed E-state index contributed by atoms with van der Waals surface area (Å²) in [6, 6.07) is 50.5. The van der Waals surface area contributed by atoms with E-state index in [0.717, 1.165) is 50.1 Å². The number of nitrogens with zero attached hydrogens (tertiary/aromatic N) is 8. The number of halogens is 1. The van der Waals surface area contributed by atoms with Crippen molar-refractivity contribution in [3.05, 3.63) is 232 Å². The molecule has 0 spiro atoms. The van der Waals surface area contributed by atoms with E-state index in [9.17, 15) is 29.1 Å². The predicted octanol–water partition coefficient (Wildman–Crippen LogP) is 18.8. The Kier molecular flexibility index (Phi) is 30.8. The van der Waals surface area contributed by atoms with Crippen LogP contribution in [0.25, 0.3) is 33.4 Å². The van der Waals surface area contributed by atoms with E-state index in [-0.39, 0.29) is 85.3 Å². The molecule has 8 N–H and O–H groups in total. The van der Waals surface area contributed by atoms with E-state index in [4.69, 9.17) is 36.1 Å². The number of nitrogen functional groups attached to an aromatic ring is 3. The first-order chi connectivity index (χ1) is 54.2. The number of aryl methyl sites for hydroxylation is 4. The molecule has 0 radical (unpaired) electrons. The van der Waals surface area contributed by atoms with Gasteiger partial charge >= 0.3 is 12.2 Å². The van der Waals surface area contributed by atoms with Gasteiger partial charge in [-0.2, -0.15) is 0 Å². The molecule has 3 unspecified atom stereocenters. The Balaban J connectivity index is 0.000000205. The maximum Gasteiger partial charge on any atom is 0.410 e. The van der Waals surface area contributed by atoms with E-state index in [1.165, 1.54) is 16.7 Å². The normalized spacial score (nSPS) is 18.2. The predicted molar refractivity (Wildman–Crippen MR) is 468 cm³/mol. The molecule has 9 atom stereocenters. The number of nitrogens with one attached hydrogen (secondary N) is 1. The van der Waals surface area contributed by atoms with Crippen LogP contribution in [0, 0.1) is 27.7 Å². The lowest BCUT2D eigenvalue weighted by Gasteiger charge is -2.44. The average Bonchev–Trinajstić information content (AvgIpc) is 0.792. The van der Waals surface area contributed by atoms with Crippen LogP contribution >= 0.6 is 15.9 Å². The number of hydrogen-bond acceptors (Lipinski definition) is 17. The summed E-state index contributed by atoms with van der Waals surface area (Å²) >= 11 is 3.53. The summed E-state index contributed by atoms with van der Waals surface area (Å²) in [4.78, 5) is 87.1. The molecule has 3 fully saturated rings. The molecule has 0 aliphatic carbocycles. The van der Waals surface area contributed by atoms with Crippen LogP contribution in [0.2, 0.25) is 0 Å². The number of benzene rings is 6. The molecule has 3 aromatic heterocycles. The van der Waals surface area contributed by atoms with Gasteiger partial charge in [0.25, 0.3) is 17.7 Å². The Hall–Kier alpha value is -11.0. The molecule has 0 bridgehead atoms. The average molecular weight is 1640 g/mol. The maximum atomic E-state index is 13.6. The number of carbonyl (C=O) groups is 5. The number of anilines is 3. The molecule has 3 saturated heterocycles. The number of rotatable bonds is 13. The second kappa shape index (κ2) is 39.5. The van der Waals surface area contributed by atoms with Crippen LogP contribution in [-0.4, -0.2) is 161 Å². The lowest BCUT2D eigenvalue weighted by molar-refractivity contribution is -0.0135. The van der Waals surface area contributed by atoms with E-state index in [1.54, 1.807) is 51.5 Å². The summed E-state index contributed by atoms with van der Waals surface area (Å²) < 4.78 is 23.5. The summed E-state index contributed by atoms with van der Waals surface area (Å²) in [7, 11) is 0. The monoisotopic (exact) mass is 1640 g/mol. The maximum absolute atomic E-state index is 13.6. The molecule has 22 nitrogen and oxygen atoms in total. The third kappa shape index (κ3) is 23.8. The Bertz CT molecular complexity index is 4840. The fourth-order valence-corrected chi connectivity index (χ4v) is 15.2. The zero-order valence-corrected chi connectivity index (χ0v) is 71.6. The first kappa shape index (κ1) is 90.5. The number of ether oxygens (including phenoxy) is 4. The van der Waals surface area contributed by atoms with Gasteiger partial charge in [0.2, 0.25) is 0 Å². The number of nitrogens with two attached hydrogens (primary N) is 3. The van der Waals surface area contributed by atoms with Crippen molar-refractivity contribution >= 4 is 63.3 Å².